The van der Waals surface area contributed by atoms with E-state index in [1.807, 2.05) is 0 Å². The number of aliphatic hydroxyl groups is 1. The van der Waals surface area contributed by atoms with Gasteiger partial charge in [0, 0.05) is 6.54 Å². The summed E-state index contributed by atoms with van der Waals surface area (Å²) >= 11 is 0. The average molecular weight is 214 g/mol. The van der Waals surface area contributed by atoms with Gasteiger partial charge in [0.15, 0.2) is 0 Å². The van der Waals surface area contributed by atoms with Crippen molar-refractivity contribution in [3.05, 3.63) is 0 Å². The minimum atomic E-state index is -0.126. The van der Waals surface area contributed by atoms with E-state index in [2.05, 4.69) is 24.1 Å². The highest BCUT2D eigenvalue weighted by atomic mass is 16.3. The van der Waals surface area contributed by atoms with Gasteiger partial charge in [-0.2, -0.15) is 0 Å². The maximum absolute atomic E-state index is 9.43. The first kappa shape index (κ1) is 12.9. The molecule has 0 saturated carbocycles. The summed E-state index contributed by atoms with van der Waals surface area (Å²) in [6.07, 6.45) is 5.36. The smallest absolute Gasteiger partial charge is 0.0623 e. The zero-order chi connectivity index (χ0) is 11.1. The molecule has 1 aliphatic rings. The third-order valence-corrected chi connectivity index (χ3v) is 3.22. The summed E-state index contributed by atoms with van der Waals surface area (Å²) in [6, 6.07) is 0. The summed E-state index contributed by atoms with van der Waals surface area (Å²) in [5.41, 5.74) is -0.126. The molecule has 1 aliphatic heterocycles. The molecule has 2 N–H and O–H groups in total. The highest BCUT2D eigenvalue weighted by Gasteiger charge is 2.25. The summed E-state index contributed by atoms with van der Waals surface area (Å²) < 4.78 is 0. The number of aliphatic hydroxyl groups excluding tert-OH is 1. The molecule has 1 fully saturated rings. The van der Waals surface area contributed by atoms with Crippen molar-refractivity contribution < 1.29 is 5.11 Å². The second-order valence-corrected chi connectivity index (χ2v) is 4.94. The maximum Gasteiger partial charge on any atom is 0.0623 e. The van der Waals surface area contributed by atoms with E-state index < -0.39 is 0 Å². The Morgan fingerprint density at radius 3 is 2.27 bits per heavy atom. The standard InChI is InChI=1S/C12H26N2O/c1-3-13-12(2,11-15)10-14-8-6-4-5-7-9-14/h13,15H,3-11H2,1-2H3. The van der Waals surface area contributed by atoms with Gasteiger partial charge in [-0.15, -0.1) is 0 Å². The van der Waals surface area contributed by atoms with E-state index in [0.29, 0.717) is 0 Å². The maximum atomic E-state index is 9.43. The molecule has 0 bridgehead atoms. The van der Waals surface area contributed by atoms with E-state index in [0.717, 1.165) is 13.1 Å². The van der Waals surface area contributed by atoms with Crippen LogP contribution in [0.4, 0.5) is 0 Å². The Morgan fingerprint density at radius 1 is 1.20 bits per heavy atom. The molecule has 0 spiro atoms. The van der Waals surface area contributed by atoms with Gasteiger partial charge in [0.25, 0.3) is 0 Å². The second kappa shape index (κ2) is 6.46. The zero-order valence-electron chi connectivity index (χ0n) is 10.3. The fraction of sp³-hybridized carbons (Fsp3) is 1.00. The highest BCUT2D eigenvalue weighted by Crippen LogP contribution is 2.13. The number of likely N-dealkylation sites (tertiary alicyclic amines) is 1. The number of likely N-dealkylation sites (N-methyl/N-ethyl adjacent to an activating group) is 1. The van der Waals surface area contributed by atoms with Crippen LogP contribution in [0.1, 0.15) is 39.5 Å². The minimum absolute atomic E-state index is 0.126. The van der Waals surface area contributed by atoms with Crippen molar-refractivity contribution in [3.8, 4) is 0 Å². The fourth-order valence-corrected chi connectivity index (χ4v) is 2.38. The van der Waals surface area contributed by atoms with Crippen LogP contribution in [0.3, 0.4) is 0 Å². The zero-order valence-corrected chi connectivity index (χ0v) is 10.3. The topological polar surface area (TPSA) is 35.5 Å². The molecular weight excluding hydrogens is 188 g/mol. The Labute approximate surface area is 93.9 Å². The van der Waals surface area contributed by atoms with E-state index in [1.54, 1.807) is 0 Å². The monoisotopic (exact) mass is 214 g/mol. The van der Waals surface area contributed by atoms with Crippen LogP contribution in [-0.2, 0) is 0 Å². The highest BCUT2D eigenvalue weighted by molar-refractivity contribution is 4.86. The molecule has 0 aromatic carbocycles. The summed E-state index contributed by atoms with van der Waals surface area (Å²) in [7, 11) is 0. The summed E-state index contributed by atoms with van der Waals surface area (Å²) in [5.74, 6) is 0. The normalized spacial score (nSPS) is 23.4. The molecule has 3 heteroatoms. The lowest BCUT2D eigenvalue weighted by Crippen LogP contribution is -2.54. The SMILES string of the molecule is CCNC(C)(CO)CN1CCCCCC1. The van der Waals surface area contributed by atoms with Crippen molar-refractivity contribution in [2.75, 3.05) is 32.8 Å². The van der Waals surface area contributed by atoms with Crippen LogP contribution >= 0.6 is 0 Å². The van der Waals surface area contributed by atoms with Crippen LogP contribution in [0.15, 0.2) is 0 Å². The summed E-state index contributed by atoms with van der Waals surface area (Å²) in [4.78, 5) is 2.49. The lowest BCUT2D eigenvalue weighted by atomic mass is 10.0. The van der Waals surface area contributed by atoms with Crippen LogP contribution in [-0.4, -0.2) is 48.3 Å². The molecule has 1 atom stereocenters. The molecule has 1 saturated heterocycles. The molecule has 0 aromatic heterocycles. The van der Waals surface area contributed by atoms with Gasteiger partial charge in [-0.25, -0.2) is 0 Å². The van der Waals surface area contributed by atoms with Crippen molar-refractivity contribution in [1.29, 1.82) is 0 Å². The van der Waals surface area contributed by atoms with Gasteiger partial charge in [-0.1, -0.05) is 19.8 Å². The molecule has 3 nitrogen and oxygen atoms in total. The van der Waals surface area contributed by atoms with Gasteiger partial charge >= 0.3 is 0 Å². The molecule has 0 amide bonds. The Balaban J connectivity index is 2.41. The van der Waals surface area contributed by atoms with Gasteiger partial charge < -0.3 is 15.3 Å². The lowest BCUT2D eigenvalue weighted by molar-refractivity contribution is 0.123. The number of nitrogens with zero attached hydrogens (tertiary/aromatic N) is 1. The van der Waals surface area contributed by atoms with Gasteiger partial charge in [-0.05, 0) is 39.4 Å². The Bertz CT molecular complexity index is 167. The molecule has 1 rings (SSSR count). The number of nitrogens with one attached hydrogen (secondary N) is 1. The molecular formula is C12H26N2O. The van der Waals surface area contributed by atoms with E-state index in [4.69, 9.17) is 0 Å². The molecule has 0 aliphatic carbocycles. The molecule has 15 heavy (non-hydrogen) atoms. The van der Waals surface area contributed by atoms with E-state index in [9.17, 15) is 5.11 Å². The molecule has 0 radical (unpaired) electrons. The third kappa shape index (κ3) is 4.49. The predicted octanol–water partition coefficient (Wildman–Crippen LogP) is 1.22. The second-order valence-electron chi connectivity index (χ2n) is 4.94. The minimum Gasteiger partial charge on any atom is -0.394 e. The average Bonchev–Trinajstić information content (AvgIpc) is 2.47. The van der Waals surface area contributed by atoms with E-state index >= 15 is 0 Å². The van der Waals surface area contributed by atoms with E-state index in [1.165, 1.54) is 38.8 Å². The van der Waals surface area contributed by atoms with Crippen LogP contribution in [0, 0.1) is 0 Å². The van der Waals surface area contributed by atoms with Gasteiger partial charge in [0.1, 0.15) is 0 Å². The molecule has 1 unspecified atom stereocenters. The largest absolute Gasteiger partial charge is 0.394 e. The van der Waals surface area contributed by atoms with Crippen molar-refractivity contribution in [2.24, 2.45) is 0 Å². The van der Waals surface area contributed by atoms with Gasteiger partial charge in [0.05, 0.1) is 12.1 Å². The quantitative estimate of drug-likeness (QED) is 0.722. The van der Waals surface area contributed by atoms with E-state index in [-0.39, 0.29) is 12.1 Å². The number of hydrogen-bond donors (Lipinski definition) is 2. The van der Waals surface area contributed by atoms with Gasteiger partial charge in [-0.3, -0.25) is 0 Å². The number of hydrogen-bond acceptors (Lipinski definition) is 3. The summed E-state index contributed by atoms with van der Waals surface area (Å²) in [6.45, 7) is 8.71. The van der Waals surface area contributed by atoms with Crippen molar-refractivity contribution in [1.82, 2.24) is 10.2 Å². The fourth-order valence-electron chi connectivity index (χ4n) is 2.38. The molecule has 0 aromatic rings. The summed E-state index contributed by atoms with van der Waals surface area (Å²) in [5, 5.41) is 12.8. The van der Waals surface area contributed by atoms with Crippen LogP contribution in [0.5, 0.6) is 0 Å². The first-order valence-corrected chi connectivity index (χ1v) is 6.28. The van der Waals surface area contributed by atoms with Gasteiger partial charge in [0.2, 0.25) is 0 Å². The molecule has 90 valence electrons. The van der Waals surface area contributed by atoms with Crippen molar-refractivity contribution in [2.45, 2.75) is 45.1 Å². The van der Waals surface area contributed by atoms with Crippen LogP contribution in [0.2, 0.25) is 0 Å². The van der Waals surface area contributed by atoms with Crippen LogP contribution < -0.4 is 5.32 Å². The predicted molar refractivity (Wildman–Crippen MR) is 64.1 cm³/mol. The lowest BCUT2D eigenvalue weighted by Gasteiger charge is -2.34. The Hall–Kier alpha value is -0.120. The first-order valence-electron chi connectivity index (χ1n) is 6.28. The van der Waals surface area contributed by atoms with Crippen molar-refractivity contribution >= 4 is 0 Å². The van der Waals surface area contributed by atoms with Crippen molar-refractivity contribution in [3.63, 3.8) is 0 Å². The van der Waals surface area contributed by atoms with Crippen LogP contribution in [0.25, 0.3) is 0 Å². The molecule has 1 heterocycles. The Kier molecular flexibility index (Phi) is 5.58. The third-order valence-electron chi connectivity index (χ3n) is 3.22. The number of rotatable bonds is 5. The first-order chi connectivity index (χ1) is 7.20. The Morgan fingerprint density at radius 2 is 1.80 bits per heavy atom.